The van der Waals surface area contributed by atoms with Gasteiger partial charge in [0.2, 0.25) is 0 Å². The quantitative estimate of drug-likeness (QED) is 0.567. The molecule has 7 heteroatoms. The van der Waals surface area contributed by atoms with Crippen LogP contribution in [-0.2, 0) is 4.79 Å². The lowest BCUT2D eigenvalue weighted by atomic mass is 10.0. The highest BCUT2D eigenvalue weighted by Gasteiger charge is 2.15. The Hall–Kier alpha value is -3.06. The van der Waals surface area contributed by atoms with Gasteiger partial charge >= 0.3 is 5.97 Å². The van der Waals surface area contributed by atoms with Crippen molar-refractivity contribution in [1.82, 2.24) is 8.75 Å². The highest BCUT2D eigenvalue weighted by Crippen LogP contribution is 2.21. The molecule has 0 saturated heterocycles. The molecule has 0 saturated carbocycles. The van der Waals surface area contributed by atoms with E-state index in [9.17, 15) is 14.7 Å². The number of carbonyl (C=O) groups excluding carboxylic acids is 1. The maximum Gasteiger partial charge on any atom is 0.336 e. The number of methoxy groups -OCH3 is 1. The fourth-order valence-electron chi connectivity index (χ4n) is 2.19. The molecule has 3 aromatic rings. The molecule has 0 aliphatic rings. The second kappa shape index (κ2) is 6.59. The number of nitrogens with zero attached hydrogens (tertiary/aromatic N) is 2. The first-order valence-corrected chi connectivity index (χ1v) is 7.67. The van der Waals surface area contributed by atoms with Crippen LogP contribution in [0.15, 0.2) is 48.5 Å². The number of carbonyl (C=O) groups is 2. The van der Waals surface area contributed by atoms with Crippen LogP contribution >= 0.6 is 11.7 Å². The number of carboxylic acid groups (broad SMARTS) is 1. The van der Waals surface area contributed by atoms with Crippen molar-refractivity contribution >= 4 is 40.1 Å². The van der Waals surface area contributed by atoms with Gasteiger partial charge in [0, 0.05) is 11.6 Å². The van der Waals surface area contributed by atoms with Gasteiger partial charge in [0.25, 0.3) is 0 Å². The molecule has 0 aliphatic carbocycles. The Morgan fingerprint density at radius 1 is 1.04 bits per heavy atom. The van der Waals surface area contributed by atoms with Crippen molar-refractivity contribution in [3.8, 4) is 5.75 Å². The van der Waals surface area contributed by atoms with E-state index in [-0.39, 0.29) is 5.57 Å². The van der Waals surface area contributed by atoms with Crippen LogP contribution in [0, 0.1) is 0 Å². The molecule has 1 N–H and O–H groups in total. The molecule has 2 aromatic carbocycles. The summed E-state index contributed by atoms with van der Waals surface area (Å²) in [5, 5.41) is 9.45. The summed E-state index contributed by atoms with van der Waals surface area (Å²) in [7, 11) is 1.53. The fraction of sp³-hybridized carbons (Fsp3) is 0.0588. The maximum absolute atomic E-state index is 12.3. The topological polar surface area (TPSA) is 89.4 Å². The third-order valence-electron chi connectivity index (χ3n) is 3.45. The van der Waals surface area contributed by atoms with Crippen LogP contribution in [0.5, 0.6) is 5.75 Å². The first-order valence-electron chi connectivity index (χ1n) is 6.94. The summed E-state index contributed by atoms with van der Waals surface area (Å²) in [5.41, 5.74) is 1.98. The molecule has 0 aliphatic heterocycles. The lowest BCUT2D eigenvalue weighted by molar-refractivity contribution is -0.130. The third-order valence-corrected chi connectivity index (χ3v) is 4.00. The van der Waals surface area contributed by atoms with Crippen molar-refractivity contribution in [2.75, 3.05) is 7.11 Å². The van der Waals surface area contributed by atoms with Crippen molar-refractivity contribution in [3.63, 3.8) is 0 Å². The zero-order valence-corrected chi connectivity index (χ0v) is 13.4. The van der Waals surface area contributed by atoms with Crippen LogP contribution in [0.2, 0.25) is 0 Å². The van der Waals surface area contributed by atoms with E-state index in [2.05, 4.69) is 8.75 Å². The lowest BCUT2D eigenvalue weighted by Crippen LogP contribution is -2.04. The van der Waals surface area contributed by atoms with Gasteiger partial charge in [-0.15, -0.1) is 0 Å². The van der Waals surface area contributed by atoms with Gasteiger partial charge in [0.05, 0.1) is 24.4 Å². The van der Waals surface area contributed by atoms with Crippen LogP contribution in [0.3, 0.4) is 0 Å². The van der Waals surface area contributed by atoms with Crippen LogP contribution in [0.4, 0.5) is 0 Å². The Morgan fingerprint density at radius 3 is 2.38 bits per heavy atom. The standard InChI is InChI=1S/C17H12N2O4S/c1-23-12-5-2-10(3-6-12)16(20)9-13(17(21)22)11-4-7-14-15(8-11)19-24-18-14/h2-9H,1H3,(H,21,22). The third kappa shape index (κ3) is 3.16. The van der Waals surface area contributed by atoms with Gasteiger partial charge in [-0.05, 0) is 42.0 Å². The summed E-state index contributed by atoms with van der Waals surface area (Å²) in [5.74, 6) is -0.957. The van der Waals surface area contributed by atoms with E-state index in [1.807, 2.05) is 0 Å². The Labute approximate surface area is 141 Å². The number of ketones is 1. The molecule has 0 amide bonds. The zero-order valence-electron chi connectivity index (χ0n) is 12.6. The minimum Gasteiger partial charge on any atom is -0.497 e. The van der Waals surface area contributed by atoms with Crippen LogP contribution in [0.1, 0.15) is 15.9 Å². The average Bonchev–Trinajstić information content (AvgIpc) is 3.06. The number of allylic oxidation sites excluding steroid dienone is 1. The van der Waals surface area contributed by atoms with Gasteiger partial charge in [-0.25, -0.2) is 4.79 Å². The molecule has 3 rings (SSSR count). The van der Waals surface area contributed by atoms with Crippen molar-refractivity contribution < 1.29 is 19.4 Å². The van der Waals surface area contributed by atoms with E-state index < -0.39 is 11.8 Å². The van der Waals surface area contributed by atoms with Crippen molar-refractivity contribution in [3.05, 3.63) is 59.7 Å². The monoisotopic (exact) mass is 340 g/mol. The van der Waals surface area contributed by atoms with Gasteiger partial charge in [-0.3, -0.25) is 4.79 Å². The normalized spacial score (nSPS) is 11.5. The number of ether oxygens (including phenoxy) is 1. The van der Waals surface area contributed by atoms with E-state index in [0.29, 0.717) is 27.9 Å². The van der Waals surface area contributed by atoms with Gasteiger partial charge < -0.3 is 9.84 Å². The van der Waals surface area contributed by atoms with E-state index >= 15 is 0 Å². The number of fused-ring (bicyclic) bond motifs is 1. The number of aromatic nitrogens is 2. The SMILES string of the molecule is COc1ccc(C(=O)C=C(C(=O)O)c2ccc3nsnc3c2)cc1. The highest BCUT2D eigenvalue weighted by molar-refractivity contribution is 7.00. The molecule has 0 bridgehead atoms. The first-order chi connectivity index (χ1) is 11.6. The predicted molar refractivity (Wildman–Crippen MR) is 90.4 cm³/mol. The zero-order chi connectivity index (χ0) is 17.1. The summed E-state index contributed by atoms with van der Waals surface area (Å²) in [6.07, 6.45) is 1.12. The molecule has 120 valence electrons. The largest absolute Gasteiger partial charge is 0.497 e. The van der Waals surface area contributed by atoms with Gasteiger partial charge in [0.15, 0.2) is 5.78 Å². The Morgan fingerprint density at radius 2 is 1.71 bits per heavy atom. The number of carboxylic acids is 1. The molecule has 1 aromatic heterocycles. The minimum absolute atomic E-state index is 0.0919. The Balaban J connectivity index is 1.98. The molecule has 0 fully saturated rings. The van der Waals surface area contributed by atoms with E-state index in [1.165, 1.54) is 7.11 Å². The van der Waals surface area contributed by atoms with E-state index in [4.69, 9.17) is 4.74 Å². The Bertz CT molecular complexity index is 945. The smallest absolute Gasteiger partial charge is 0.336 e. The summed E-state index contributed by atoms with van der Waals surface area (Å²) in [4.78, 5) is 23.9. The molecule has 0 unspecified atom stereocenters. The van der Waals surface area contributed by atoms with Gasteiger partial charge in [-0.1, -0.05) is 6.07 Å². The van der Waals surface area contributed by atoms with Crippen molar-refractivity contribution in [1.29, 1.82) is 0 Å². The maximum atomic E-state index is 12.3. The lowest BCUT2D eigenvalue weighted by Gasteiger charge is -2.04. The fourth-order valence-corrected chi connectivity index (χ4v) is 2.71. The minimum atomic E-state index is -1.18. The van der Waals surface area contributed by atoms with Crippen molar-refractivity contribution in [2.45, 2.75) is 0 Å². The summed E-state index contributed by atoms with van der Waals surface area (Å²) in [6, 6.07) is 11.4. The molecular formula is C17H12N2O4S. The number of hydrogen-bond acceptors (Lipinski definition) is 6. The van der Waals surface area contributed by atoms with Crippen molar-refractivity contribution in [2.24, 2.45) is 0 Å². The summed E-state index contributed by atoms with van der Waals surface area (Å²) >= 11 is 1.05. The Kier molecular flexibility index (Phi) is 4.35. The predicted octanol–water partition coefficient (Wildman–Crippen LogP) is 3.05. The van der Waals surface area contributed by atoms with Crippen LogP contribution in [-0.4, -0.2) is 32.7 Å². The molecular weight excluding hydrogens is 328 g/mol. The second-order valence-corrected chi connectivity index (χ2v) is 5.45. The summed E-state index contributed by atoms with van der Waals surface area (Å²) in [6.45, 7) is 0. The number of rotatable bonds is 5. The molecule has 0 atom stereocenters. The molecule has 24 heavy (non-hydrogen) atoms. The first kappa shape index (κ1) is 15.8. The van der Waals surface area contributed by atoms with E-state index in [0.717, 1.165) is 17.8 Å². The van der Waals surface area contributed by atoms with Gasteiger partial charge in [0.1, 0.15) is 16.8 Å². The molecule has 6 nitrogen and oxygen atoms in total. The molecule has 0 spiro atoms. The van der Waals surface area contributed by atoms with Crippen LogP contribution in [0.25, 0.3) is 16.6 Å². The number of aliphatic carboxylic acids is 1. The van der Waals surface area contributed by atoms with Crippen LogP contribution < -0.4 is 4.74 Å². The van der Waals surface area contributed by atoms with E-state index in [1.54, 1.807) is 42.5 Å². The molecule has 1 heterocycles. The molecule has 0 radical (unpaired) electrons. The summed E-state index contributed by atoms with van der Waals surface area (Å²) < 4.78 is 13.2. The second-order valence-electron chi connectivity index (χ2n) is 4.92. The highest BCUT2D eigenvalue weighted by atomic mass is 32.1. The number of hydrogen-bond donors (Lipinski definition) is 1. The van der Waals surface area contributed by atoms with Gasteiger partial charge in [-0.2, -0.15) is 8.75 Å². The number of benzene rings is 2. The average molecular weight is 340 g/mol.